The summed E-state index contributed by atoms with van der Waals surface area (Å²) < 4.78 is 2.44. The zero-order chi connectivity index (χ0) is 42.6. The fourth-order valence-electron chi connectivity index (χ4n) is 7.61. The van der Waals surface area contributed by atoms with E-state index in [2.05, 4.69) is 193 Å². The lowest BCUT2D eigenvalue weighted by Gasteiger charge is -2.13. The summed E-state index contributed by atoms with van der Waals surface area (Å²) in [5.41, 5.74) is 13.8. The van der Waals surface area contributed by atoms with Gasteiger partial charge in [-0.1, -0.05) is 179 Å². The number of fused-ring (bicyclic) bond motifs is 8. The van der Waals surface area contributed by atoms with Gasteiger partial charge in [-0.05, 0) is 97.0 Å². The van der Waals surface area contributed by atoms with Gasteiger partial charge >= 0.3 is 0 Å². The molecule has 298 valence electrons. The van der Waals surface area contributed by atoms with Crippen LogP contribution in [0.2, 0.25) is 0 Å². The van der Waals surface area contributed by atoms with E-state index < -0.39 is 0 Å². The van der Waals surface area contributed by atoms with Crippen LogP contribution in [0.1, 0.15) is 34.6 Å². The van der Waals surface area contributed by atoms with Crippen molar-refractivity contribution in [3.05, 3.63) is 225 Å². The van der Waals surface area contributed by atoms with E-state index in [-0.39, 0.29) is 0 Å². The highest BCUT2D eigenvalue weighted by atomic mass is 15.0. The molecule has 2 heterocycles. The van der Waals surface area contributed by atoms with Crippen LogP contribution in [0.25, 0.3) is 82.3 Å². The number of aromatic amines is 1. The van der Waals surface area contributed by atoms with Gasteiger partial charge in [0.25, 0.3) is 0 Å². The molecule has 2 N–H and O–H groups in total. The molecule has 0 bridgehead atoms. The zero-order valence-corrected chi connectivity index (χ0v) is 35.6. The first-order chi connectivity index (χ1) is 29.3. The van der Waals surface area contributed by atoms with Gasteiger partial charge in [0.2, 0.25) is 0 Å². The number of hydrogen-bond donors (Lipinski definition) is 2. The Morgan fingerprint density at radius 3 is 1.82 bits per heavy atom. The molecule has 0 aliphatic carbocycles. The number of benzene rings is 7. The largest absolute Gasteiger partial charge is 0.360 e. The van der Waals surface area contributed by atoms with Crippen molar-refractivity contribution >= 4 is 54.4 Å². The Hall–Kier alpha value is -7.36. The summed E-state index contributed by atoms with van der Waals surface area (Å²) in [6.07, 6.45) is 9.46. The number of rotatable bonds is 8. The van der Waals surface area contributed by atoms with Gasteiger partial charge in [-0.3, -0.25) is 0 Å². The average molecular weight is 782 g/mol. The monoisotopic (exact) mass is 781 g/mol. The molecule has 0 unspecified atom stereocenters. The first kappa shape index (κ1) is 42.3. The molecule has 9 aromatic rings. The van der Waals surface area contributed by atoms with E-state index in [4.69, 9.17) is 0 Å². The first-order valence-electron chi connectivity index (χ1n) is 20.6. The minimum Gasteiger partial charge on any atom is -0.360 e. The van der Waals surface area contributed by atoms with Crippen LogP contribution in [-0.2, 0) is 0 Å². The molecule has 3 nitrogen and oxygen atoms in total. The highest BCUT2D eigenvalue weighted by Crippen LogP contribution is 2.42. The van der Waals surface area contributed by atoms with E-state index in [0.717, 1.165) is 11.4 Å². The van der Waals surface area contributed by atoms with E-state index in [1.54, 1.807) is 12.2 Å². The molecule has 0 aliphatic rings. The molecule has 60 heavy (non-hydrogen) atoms. The van der Waals surface area contributed by atoms with Gasteiger partial charge in [0.15, 0.2) is 0 Å². The number of allylic oxidation sites excluding steroid dienone is 7. The molecule has 0 spiro atoms. The zero-order valence-electron chi connectivity index (χ0n) is 35.6. The quantitative estimate of drug-likeness (QED) is 0.148. The van der Waals surface area contributed by atoms with Crippen molar-refractivity contribution in [1.29, 1.82) is 0 Å². The van der Waals surface area contributed by atoms with Gasteiger partial charge < -0.3 is 14.9 Å². The maximum Gasteiger partial charge on any atom is 0.0619 e. The smallest absolute Gasteiger partial charge is 0.0619 e. The molecule has 7 aromatic carbocycles. The predicted molar refractivity (Wildman–Crippen MR) is 266 cm³/mol. The van der Waals surface area contributed by atoms with Crippen LogP contribution >= 0.6 is 0 Å². The molecule has 3 heteroatoms. The van der Waals surface area contributed by atoms with E-state index in [1.807, 2.05) is 52.8 Å². The lowest BCUT2D eigenvalue weighted by atomic mass is 9.94. The van der Waals surface area contributed by atoms with Crippen molar-refractivity contribution in [1.82, 2.24) is 14.9 Å². The van der Waals surface area contributed by atoms with Gasteiger partial charge in [0, 0.05) is 55.0 Å². The van der Waals surface area contributed by atoms with E-state index in [1.165, 1.54) is 87.9 Å². The lowest BCUT2D eigenvalue weighted by molar-refractivity contribution is 1.02. The highest BCUT2D eigenvalue weighted by Gasteiger charge is 2.18. The van der Waals surface area contributed by atoms with Crippen LogP contribution in [0.15, 0.2) is 225 Å². The van der Waals surface area contributed by atoms with Crippen molar-refractivity contribution in [2.45, 2.75) is 34.6 Å². The molecule has 2 aromatic heterocycles. The SMILES string of the molecule is C=C/C=C(C)/C=C\C.C=CC(=C)NC(=C)C.CC.c1ccc(-c2ccc(-n3c4ccccc4c4cc(-c5ccc6[nH]c7ccccc7c6c5)c5ccccc5c43)cc2)cc1. The van der Waals surface area contributed by atoms with E-state index in [9.17, 15) is 0 Å². The summed E-state index contributed by atoms with van der Waals surface area (Å²) in [6, 6.07) is 55.0. The van der Waals surface area contributed by atoms with Crippen molar-refractivity contribution in [2.24, 2.45) is 0 Å². The minimum atomic E-state index is 0.789. The Bertz CT molecular complexity index is 3000. The second kappa shape index (κ2) is 19.9. The van der Waals surface area contributed by atoms with E-state index >= 15 is 0 Å². The van der Waals surface area contributed by atoms with Gasteiger partial charge in [0.05, 0.1) is 11.0 Å². The Morgan fingerprint density at radius 2 is 1.17 bits per heavy atom. The van der Waals surface area contributed by atoms with Crippen molar-refractivity contribution in [3.63, 3.8) is 0 Å². The fourth-order valence-corrected chi connectivity index (χ4v) is 7.61. The maximum atomic E-state index is 3.62. The molecule has 0 radical (unpaired) electrons. The molecule has 0 saturated heterocycles. The number of nitrogens with one attached hydrogen (secondary N) is 2. The van der Waals surface area contributed by atoms with Crippen molar-refractivity contribution in [3.8, 4) is 27.9 Å². The van der Waals surface area contributed by atoms with Crippen LogP contribution in [0.5, 0.6) is 0 Å². The fraction of sp³-hybridized carbons (Fsp3) is 0.0877. The maximum absolute atomic E-state index is 3.62. The Kier molecular flexibility index (Phi) is 14.0. The molecule has 9 rings (SSSR count). The number of hydrogen-bond acceptors (Lipinski definition) is 1. The van der Waals surface area contributed by atoms with Crippen LogP contribution in [0.3, 0.4) is 0 Å². The topological polar surface area (TPSA) is 32.8 Å². The summed E-state index contributed by atoms with van der Waals surface area (Å²) in [5.74, 6) is 0. The summed E-state index contributed by atoms with van der Waals surface area (Å²) in [4.78, 5) is 3.58. The molecule has 0 aliphatic heterocycles. The van der Waals surface area contributed by atoms with Crippen LogP contribution < -0.4 is 5.32 Å². The second-order valence-electron chi connectivity index (χ2n) is 14.3. The minimum absolute atomic E-state index is 0.789. The molecule has 0 atom stereocenters. The normalized spacial score (nSPS) is 11.1. The lowest BCUT2D eigenvalue weighted by Crippen LogP contribution is -2.05. The summed E-state index contributed by atoms with van der Waals surface area (Å²) in [5, 5.41) is 10.5. The molecular formula is C57H55N3. The van der Waals surface area contributed by atoms with Gasteiger partial charge in [-0.15, -0.1) is 0 Å². The van der Waals surface area contributed by atoms with Crippen molar-refractivity contribution < 1.29 is 0 Å². The summed E-state index contributed by atoms with van der Waals surface area (Å²) in [6.45, 7) is 24.2. The third kappa shape index (κ3) is 9.17. The average Bonchev–Trinajstić information content (AvgIpc) is 3.83. The number of nitrogens with zero attached hydrogens (tertiary/aromatic N) is 1. The number of aromatic nitrogens is 2. The first-order valence-corrected chi connectivity index (χ1v) is 20.6. The molecular weight excluding hydrogens is 727 g/mol. The van der Waals surface area contributed by atoms with Crippen molar-refractivity contribution in [2.75, 3.05) is 0 Å². The Labute approximate surface area is 355 Å². The van der Waals surface area contributed by atoms with Gasteiger partial charge in [-0.2, -0.15) is 0 Å². The number of H-pyrrole nitrogens is 1. The van der Waals surface area contributed by atoms with Gasteiger partial charge in [-0.25, -0.2) is 0 Å². The van der Waals surface area contributed by atoms with Crippen LogP contribution in [-0.4, -0.2) is 9.55 Å². The Morgan fingerprint density at radius 1 is 0.583 bits per heavy atom. The third-order valence-electron chi connectivity index (χ3n) is 10.2. The van der Waals surface area contributed by atoms with Crippen LogP contribution in [0, 0.1) is 0 Å². The third-order valence-corrected chi connectivity index (χ3v) is 10.2. The highest BCUT2D eigenvalue weighted by molar-refractivity contribution is 6.22. The number of para-hydroxylation sites is 2. The molecule has 0 amide bonds. The summed E-state index contributed by atoms with van der Waals surface area (Å²) in [7, 11) is 0. The van der Waals surface area contributed by atoms with E-state index in [0.29, 0.717) is 0 Å². The van der Waals surface area contributed by atoms with Gasteiger partial charge in [0.1, 0.15) is 0 Å². The Balaban J connectivity index is 0.000000285. The predicted octanol–water partition coefficient (Wildman–Crippen LogP) is 16.4. The van der Waals surface area contributed by atoms with Crippen LogP contribution in [0.4, 0.5) is 0 Å². The second-order valence-corrected chi connectivity index (χ2v) is 14.3. The summed E-state index contributed by atoms with van der Waals surface area (Å²) >= 11 is 0. The molecule has 0 saturated carbocycles. The standard InChI is InChI=1S/C40H26N2.C8H12.C7H11N.C2H6/c1-2-10-26(11-3-1)27-18-21-29(22-19-27)42-39-17-9-7-14-32(39)36-25-34(30-12-4-5-15-33(30)40(36)42)28-20-23-38-35(24-28)31-13-6-8-16-37(31)41-38;1-4-6-8(3)7-5-2;1-5-7(4)8-6(2)3;1-2/h1-25,41H;4-7H,1H2,2-3H3;5,8H,1-2,4H2,3H3;1-2H3/b;7-5-,8-6+;;. The molecule has 0 fully saturated rings.